The lowest BCUT2D eigenvalue weighted by Crippen LogP contribution is -2.81. The number of carboxylic acids is 1. The first-order valence-corrected chi connectivity index (χ1v) is 13.5. The first-order chi connectivity index (χ1) is 17.1. The second-order valence-corrected chi connectivity index (χ2v) is 11.0. The minimum absolute atomic E-state index is 0.0952. The number of hydrogen-bond acceptors (Lipinski definition) is 12. The summed E-state index contributed by atoms with van der Waals surface area (Å²) in [6.45, 7) is 1.52. The molecule has 1 fully saturated rings. The minimum atomic E-state index is -1.96. The van der Waals surface area contributed by atoms with Crippen molar-refractivity contribution in [2.45, 2.75) is 28.2 Å². The molecule has 192 valence electrons. The molecule has 36 heavy (non-hydrogen) atoms. The molecule has 1 unspecified atom stereocenters. The van der Waals surface area contributed by atoms with Crippen molar-refractivity contribution in [1.29, 1.82) is 0 Å². The quantitative estimate of drug-likeness (QED) is 0.115. The van der Waals surface area contributed by atoms with Crippen molar-refractivity contribution in [3.63, 3.8) is 0 Å². The lowest BCUT2D eigenvalue weighted by Gasteiger charge is -2.55. The third-order valence-corrected chi connectivity index (χ3v) is 9.05. The van der Waals surface area contributed by atoms with Crippen molar-refractivity contribution in [2.75, 3.05) is 24.4 Å². The van der Waals surface area contributed by atoms with Gasteiger partial charge in [0, 0.05) is 43.8 Å². The highest BCUT2D eigenvalue weighted by Gasteiger charge is 2.66. The number of carboxylic acid groups (broad SMARTS) is 1. The number of methoxy groups -OCH3 is 1. The van der Waals surface area contributed by atoms with Gasteiger partial charge in [-0.05, 0) is 22.1 Å². The maximum absolute atomic E-state index is 13.2. The zero-order valence-electron chi connectivity index (χ0n) is 19.1. The number of aryl methyl sites for hydroxylation is 2. The van der Waals surface area contributed by atoms with Gasteiger partial charge < -0.3 is 20.4 Å². The van der Waals surface area contributed by atoms with E-state index in [4.69, 9.17) is 4.74 Å². The zero-order chi connectivity index (χ0) is 26.2. The van der Waals surface area contributed by atoms with Gasteiger partial charge in [0.15, 0.2) is 5.03 Å². The van der Waals surface area contributed by atoms with Crippen molar-refractivity contribution >= 4 is 52.1 Å². The van der Waals surface area contributed by atoms with E-state index in [1.807, 2.05) is 0 Å². The predicted octanol–water partition coefficient (Wildman–Crippen LogP) is -1.84. The number of thioether (sulfide) groups is 2. The Morgan fingerprint density at radius 2 is 2.22 bits per heavy atom. The third-order valence-electron chi connectivity index (χ3n) is 5.37. The van der Waals surface area contributed by atoms with Crippen molar-refractivity contribution in [3.05, 3.63) is 34.3 Å². The van der Waals surface area contributed by atoms with Crippen LogP contribution in [0.2, 0.25) is 0 Å². The number of nitrogens with one attached hydrogen (secondary N) is 1. The van der Waals surface area contributed by atoms with Gasteiger partial charge in [-0.3, -0.25) is 18.7 Å². The molecule has 0 radical (unpaired) electrons. The zero-order valence-corrected chi connectivity index (χ0v) is 21.6. The van der Waals surface area contributed by atoms with Crippen LogP contribution in [0, 0.1) is 12.1 Å². The molecule has 3 atom stereocenters. The van der Waals surface area contributed by atoms with Gasteiger partial charge in [0.25, 0.3) is 11.6 Å². The smallest absolute Gasteiger partial charge is 0.352 e. The molecule has 0 aliphatic carbocycles. The molecule has 0 bridgehead atoms. The summed E-state index contributed by atoms with van der Waals surface area (Å²) in [6, 6.07) is 2.79. The highest BCUT2D eigenvalue weighted by Crippen LogP contribution is 2.47. The van der Waals surface area contributed by atoms with Crippen LogP contribution in [-0.4, -0.2) is 92.8 Å². The topological polar surface area (TPSA) is 196 Å². The first-order valence-electron chi connectivity index (χ1n) is 10.2. The molecule has 18 heteroatoms. The average molecular weight is 557 g/mol. The van der Waals surface area contributed by atoms with Crippen LogP contribution in [-0.2, 0) is 37.0 Å². The van der Waals surface area contributed by atoms with E-state index in [2.05, 4.69) is 25.9 Å². The molecule has 2 aromatic rings. The van der Waals surface area contributed by atoms with E-state index in [1.165, 1.54) is 54.4 Å². The Bertz CT molecular complexity index is 1300. The second-order valence-electron chi connectivity index (χ2n) is 7.63. The van der Waals surface area contributed by atoms with E-state index < -0.39 is 45.4 Å². The summed E-state index contributed by atoms with van der Waals surface area (Å²) in [5, 5.41) is 38.2. The molecule has 0 aromatic carbocycles. The van der Waals surface area contributed by atoms with Gasteiger partial charge in [-0.2, -0.15) is 0 Å². The largest absolute Gasteiger partial charge is 0.594 e. The second kappa shape index (κ2) is 10.1. The van der Waals surface area contributed by atoms with E-state index in [0.29, 0.717) is 21.3 Å². The molecule has 4 rings (SSSR count). The van der Waals surface area contributed by atoms with Crippen LogP contribution in [0.1, 0.15) is 5.69 Å². The molecule has 1 saturated heterocycles. The molecule has 2 N–H and O–H groups in total. The standard InChI is InChI=1S/C18H20N8O7S3/c1-9-4-5-12(21-26(9)31)36(32)8-11(27)19-18(33-3)15(30)25-13(14(28)29)10(6-34-16(18)25)7-35-17-20-22-23-24(17)2/h4-5,16H,6-8H2,1-3H3,(H,19,27)(H,28,29)/t16-,18-,36?/m0/s1. The number of nitrogens with zero attached hydrogens (tertiary/aromatic N) is 7. The summed E-state index contributed by atoms with van der Waals surface area (Å²) in [5.41, 5.74) is -1.25. The maximum atomic E-state index is 13.2. The molecule has 2 aliphatic rings. The Balaban J connectivity index is 1.49. The Morgan fingerprint density at radius 3 is 2.83 bits per heavy atom. The molecule has 15 nitrogen and oxygen atoms in total. The van der Waals surface area contributed by atoms with Crippen molar-refractivity contribution in [1.82, 2.24) is 35.5 Å². The number of tetrazole rings is 1. The van der Waals surface area contributed by atoms with Crippen molar-refractivity contribution in [3.8, 4) is 0 Å². The Labute approximate surface area is 214 Å². The van der Waals surface area contributed by atoms with Gasteiger partial charge in [-0.15, -0.1) is 16.9 Å². The maximum Gasteiger partial charge on any atom is 0.352 e. The first kappa shape index (κ1) is 26.0. The predicted molar refractivity (Wildman–Crippen MR) is 124 cm³/mol. The number of carbonyl (C=O) groups excluding carboxylic acids is 2. The molecule has 2 aromatic heterocycles. The van der Waals surface area contributed by atoms with Crippen LogP contribution >= 0.6 is 23.5 Å². The van der Waals surface area contributed by atoms with E-state index in [9.17, 15) is 28.9 Å². The summed E-state index contributed by atoms with van der Waals surface area (Å²) >= 11 is 2.44. The van der Waals surface area contributed by atoms with Crippen LogP contribution in [0.5, 0.6) is 0 Å². The highest BCUT2D eigenvalue weighted by atomic mass is 32.2. The lowest BCUT2D eigenvalue weighted by molar-refractivity contribution is -0.679. The van der Waals surface area contributed by atoms with Crippen LogP contribution in [0.3, 0.4) is 0 Å². The molecular weight excluding hydrogens is 536 g/mol. The van der Waals surface area contributed by atoms with E-state index in [-0.39, 0.29) is 22.2 Å². The monoisotopic (exact) mass is 556 g/mol. The number of aromatic nitrogens is 6. The molecule has 4 heterocycles. The van der Waals surface area contributed by atoms with Crippen molar-refractivity contribution in [2.24, 2.45) is 7.05 Å². The van der Waals surface area contributed by atoms with Gasteiger partial charge >= 0.3 is 5.97 Å². The average Bonchev–Trinajstić information content (AvgIpc) is 3.26. The van der Waals surface area contributed by atoms with Crippen LogP contribution in [0.25, 0.3) is 0 Å². The minimum Gasteiger partial charge on any atom is -0.594 e. The van der Waals surface area contributed by atoms with Crippen LogP contribution in [0.15, 0.2) is 33.6 Å². The fourth-order valence-corrected chi connectivity index (χ4v) is 6.84. The van der Waals surface area contributed by atoms with Crippen molar-refractivity contribution < 1.29 is 33.3 Å². The third kappa shape index (κ3) is 4.56. The van der Waals surface area contributed by atoms with Crippen LogP contribution in [0.4, 0.5) is 0 Å². The number of amides is 2. The normalized spacial score (nSPS) is 22.1. The molecule has 0 saturated carbocycles. The van der Waals surface area contributed by atoms with Gasteiger partial charge in [0.05, 0.1) is 10.8 Å². The molecule has 0 spiro atoms. The van der Waals surface area contributed by atoms with Crippen LogP contribution < -0.4 is 10.2 Å². The number of aliphatic carboxylic acids is 1. The van der Waals surface area contributed by atoms with Gasteiger partial charge in [-0.1, -0.05) is 16.6 Å². The Morgan fingerprint density at radius 1 is 1.47 bits per heavy atom. The SMILES string of the molecule is CO[C@@]1(NC(=O)CS(=O)c2ccc(C)[n+]([O-])n2)C(=O)N2C(C(=O)O)=C(CSc3nnnn3C)CS[C@H]21. The van der Waals surface area contributed by atoms with E-state index in [0.717, 1.165) is 4.90 Å². The molecule has 2 aliphatic heterocycles. The molecule has 2 amide bonds. The fourth-order valence-electron chi connectivity index (χ4n) is 3.56. The van der Waals surface area contributed by atoms with E-state index >= 15 is 0 Å². The fraction of sp³-hybridized carbons (Fsp3) is 0.444. The number of ether oxygens (including phenoxy) is 1. The number of carbonyl (C=O) groups is 3. The number of hydrogen-bond donors (Lipinski definition) is 2. The summed E-state index contributed by atoms with van der Waals surface area (Å²) in [6.07, 6.45) is 0. The van der Waals surface area contributed by atoms with E-state index in [1.54, 1.807) is 7.05 Å². The highest BCUT2D eigenvalue weighted by molar-refractivity contribution is 8.01. The van der Waals surface area contributed by atoms with Gasteiger partial charge in [0.2, 0.25) is 16.8 Å². The number of fused-ring (bicyclic) bond motifs is 1. The summed E-state index contributed by atoms with van der Waals surface area (Å²) in [5.74, 6) is -2.96. The van der Waals surface area contributed by atoms with Gasteiger partial charge in [0.1, 0.15) is 16.8 Å². The van der Waals surface area contributed by atoms with Gasteiger partial charge in [-0.25, -0.2) is 9.48 Å². The Kier molecular flexibility index (Phi) is 7.30. The molecular formula is C18H20N8O7S3. The number of rotatable bonds is 9. The lowest BCUT2D eigenvalue weighted by atomic mass is 9.98. The number of β-lactam (4-membered cyclic amide) rings is 1. The Hall–Kier alpha value is -3.09. The summed E-state index contributed by atoms with van der Waals surface area (Å²) in [7, 11) is 0.899. The summed E-state index contributed by atoms with van der Waals surface area (Å²) < 4.78 is 19.4. The summed E-state index contributed by atoms with van der Waals surface area (Å²) in [4.78, 5) is 39.3.